The van der Waals surface area contributed by atoms with Gasteiger partial charge in [-0.25, -0.2) is 0 Å². The third-order valence-corrected chi connectivity index (χ3v) is 6.82. The van der Waals surface area contributed by atoms with Gasteiger partial charge >= 0.3 is 0 Å². The molecule has 5 heteroatoms. The van der Waals surface area contributed by atoms with E-state index in [9.17, 15) is 4.79 Å². The molecule has 0 saturated heterocycles. The van der Waals surface area contributed by atoms with E-state index in [4.69, 9.17) is 16.7 Å². The fraction of sp³-hybridized carbons (Fsp3) is 0.440. The van der Waals surface area contributed by atoms with Crippen molar-refractivity contribution in [2.45, 2.75) is 58.5 Å². The van der Waals surface area contributed by atoms with Gasteiger partial charge in [0.05, 0.1) is 5.52 Å². The second-order valence-electron chi connectivity index (χ2n) is 8.64. The van der Waals surface area contributed by atoms with Crippen molar-refractivity contribution in [2.75, 3.05) is 0 Å². The fourth-order valence-corrected chi connectivity index (χ4v) is 4.76. The first-order valence-electron chi connectivity index (χ1n) is 11.0. The Morgan fingerprint density at radius 1 is 1.17 bits per heavy atom. The Labute approximate surface area is 183 Å². The number of carbonyl (C=O) groups excluding carboxylic acids is 1. The molecule has 1 N–H and O–H groups in total. The van der Waals surface area contributed by atoms with Crippen LogP contribution in [0, 0.1) is 11.8 Å². The van der Waals surface area contributed by atoms with Crippen LogP contribution in [0.5, 0.6) is 0 Å². The first kappa shape index (κ1) is 20.9. The Morgan fingerprint density at radius 3 is 2.77 bits per heavy atom. The summed E-state index contributed by atoms with van der Waals surface area (Å²) in [7, 11) is 0. The summed E-state index contributed by atoms with van der Waals surface area (Å²) in [6.07, 6.45) is 4.86. The van der Waals surface area contributed by atoms with E-state index in [1.54, 1.807) is 0 Å². The van der Waals surface area contributed by atoms with Crippen molar-refractivity contribution >= 4 is 28.4 Å². The number of rotatable bonds is 6. The normalized spacial score (nSPS) is 21.6. The van der Waals surface area contributed by atoms with E-state index in [0.717, 1.165) is 35.0 Å². The van der Waals surface area contributed by atoms with Gasteiger partial charge in [0.15, 0.2) is 0 Å². The van der Waals surface area contributed by atoms with Crippen LogP contribution in [0.25, 0.3) is 22.2 Å². The zero-order valence-electron chi connectivity index (χ0n) is 17.8. The zero-order valence-corrected chi connectivity index (χ0v) is 18.5. The molecule has 1 aromatic heterocycles. The average molecular weight is 424 g/mol. The highest BCUT2D eigenvalue weighted by Gasteiger charge is 2.27. The smallest absolute Gasteiger partial charge is 0.220 e. The van der Waals surface area contributed by atoms with Gasteiger partial charge in [-0.05, 0) is 42.9 Å². The lowest BCUT2D eigenvalue weighted by Crippen LogP contribution is -2.43. The van der Waals surface area contributed by atoms with E-state index in [2.05, 4.69) is 31.3 Å². The van der Waals surface area contributed by atoms with E-state index in [1.807, 2.05) is 41.1 Å². The summed E-state index contributed by atoms with van der Waals surface area (Å²) in [6.45, 7) is 5.26. The maximum atomic E-state index is 12.5. The summed E-state index contributed by atoms with van der Waals surface area (Å²) in [4.78, 5) is 12.5. The van der Waals surface area contributed by atoms with Gasteiger partial charge in [0.1, 0.15) is 5.69 Å². The quantitative estimate of drug-likeness (QED) is 0.522. The molecular weight excluding hydrogens is 394 g/mol. The highest BCUT2D eigenvalue weighted by atomic mass is 35.5. The highest BCUT2D eigenvalue weighted by Crippen LogP contribution is 2.31. The Morgan fingerprint density at radius 2 is 1.97 bits per heavy atom. The largest absolute Gasteiger partial charge is 0.353 e. The van der Waals surface area contributed by atoms with Gasteiger partial charge in [0, 0.05) is 35.0 Å². The predicted molar refractivity (Wildman–Crippen MR) is 124 cm³/mol. The van der Waals surface area contributed by atoms with Gasteiger partial charge in [-0.15, -0.1) is 0 Å². The van der Waals surface area contributed by atoms with Crippen LogP contribution in [0.15, 0.2) is 48.5 Å². The summed E-state index contributed by atoms with van der Waals surface area (Å²) in [5.41, 5.74) is 3.05. The Kier molecular flexibility index (Phi) is 6.43. The van der Waals surface area contributed by atoms with Crippen LogP contribution in [-0.2, 0) is 11.3 Å². The van der Waals surface area contributed by atoms with Crippen LogP contribution in [0.2, 0.25) is 5.02 Å². The molecule has 1 aliphatic carbocycles. The van der Waals surface area contributed by atoms with Gasteiger partial charge in [0.25, 0.3) is 0 Å². The van der Waals surface area contributed by atoms with E-state index in [1.165, 1.54) is 12.8 Å². The number of benzene rings is 2. The van der Waals surface area contributed by atoms with Crippen LogP contribution in [0.4, 0.5) is 0 Å². The molecule has 0 spiro atoms. The van der Waals surface area contributed by atoms with Gasteiger partial charge < -0.3 is 5.32 Å². The molecule has 1 fully saturated rings. The number of aryl methyl sites for hydroxylation is 1. The van der Waals surface area contributed by atoms with Crippen molar-refractivity contribution < 1.29 is 4.79 Å². The summed E-state index contributed by atoms with van der Waals surface area (Å²) in [6, 6.07) is 16.4. The number of amides is 1. The molecule has 3 aromatic rings. The summed E-state index contributed by atoms with van der Waals surface area (Å²) >= 11 is 6.26. The van der Waals surface area contributed by atoms with Crippen LogP contribution in [0.1, 0.15) is 46.0 Å². The highest BCUT2D eigenvalue weighted by molar-refractivity contribution is 6.31. The maximum absolute atomic E-state index is 12.5. The minimum absolute atomic E-state index is 0.156. The van der Waals surface area contributed by atoms with Gasteiger partial charge in [0.2, 0.25) is 5.91 Å². The number of aromatic nitrogens is 2. The lowest BCUT2D eigenvalue weighted by molar-refractivity contribution is -0.122. The lowest BCUT2D eigenvalue weighted by Gasteiger charge is -2.34. The van der Waals surface area contributed by atoms with Crippen molar-refractivity contribution in [3.63, 3.8) is 0 Å². The van der Waals surface area contributed by atoms with Crippen LogP contribution in [-0.4, -0.2) is 21.7 Å². The number of nitrogens with one attached hydrogen (secondary N) is 1. The molecule has 4 rings (SSSR count). The van der Waals surface area contributed by atoms with Gasteiger partial charge in [-0.1, -0.05) is 68.6 Å². The van der Waals surface area contributed by atoms with Crippen LogP contribution >= 0.6 is 11.6 Å². The topological polar surface area (TPSA) is 46.9 Å². The number of halogens is 1. The molecule has 3 atom stereocenters. The molecule has 0 unspecified atom stereocenters. The number of fused-ring (bicyclic) bond motifs is 1. The molecule has 30 heavy (non-hydrogen) atoms. The molecule has 1 heterocycles. The number of hydrogen-bond acceptors (Lipinski definition) is 2. The van der Waals surface area contributed by atoms with Crippen LogP contribution < -0.4 is 5.32 Å². The van der Waals surface area contributed by atoms with E-state index in [-0.39, 0.29) is 5.91 Å². The Bertz CT molecular complexity index is 1010. The first-order valence-corrected chi connectivity index (χ1v) is 11.4. The average Bonchev–Trinajstić information content (AvgIpc) is 3.10. The predicted octanol–water partition coefficient (Wildman–Crippen LogP) is 6.08. The molecular formula is C25H30ClN3O. The summed E-state index contributed by atoms with van der Waals surface area (Å²) < 4.78 is 2.01. The molecule has 0 aliphatic heterocycles. The summed E-state index contributed by atoms with van der Waals surface area (Å²) in [5, 5.41) is 9.88. The third kappa shape index (κ3) is 4.54. The minimum atomic E-state index is 0.156. The number of hydrogen-bond donors (Lipinski definition) is 1. The standard InChI is InChI=1S/C25H30ClN3O/c1-17-8-6-11-22(18(17)2)27-24(30)12-7-15-29-23-14-13-20(26)16-21(23)25(28-29)19-9-4-3-5-10-19/h3-5,9-10,13-14,16-18,22H,6-8,11-12,15H2,1-2H3,(H,27,30)/t17-,18-,22+/m1/s1. The summed E-state index contributed by atoms with van der Waals surface area (Å²) in [5.74, 6) is 1.39. The molecule has 1 amide bonds. The Hall–Kier alpha value is -2.33. The first-order chi connectivity index (χ1) is 14.5. The fourth-order valence-electron chi connectivity index (χ4n) is 4.59. The molecule has 4 nitrogen and oxygen atoms in total. The minimum Gasteiger partial charge on any atom is -0.353 e. The van der Waals surface area contributed by atoms with Crippen molar-refractivity contribution in [1.29, 1.82) is 0 Å². The molecule has 1 aliphatic rings. The molecule has 0 radical (unpaired) electrons. The van der Waals surface area contributed by atoms with Crippen molar-refractivity contribution in [1.82, 2.24) is 15.1 Å². The monoisotopic (exact) mass is 423 g/mol. The second-order valence-corrected chi connectivity index (χ2v) is 9.08. The molecule has 2 aromatic carbocycles. The molecule has 158 valence electrons. The second kappa shape index (κ2) is 9.22. The van der Waals surface area contributed by atoms with Crippen molar-refractivity contribution in [3.05, 3.63) is 53.6 Å². The van der Waals surface area contributed by atoms with Crippen molar-refractivity contribution in [2.24, 2.45) is 11.8 Å². The van der Waals surface area contributed by atoms with E-state index in [0.29, 0.717) is 35.9 Å². The zero-order chi connectivity index (χ0) is 21.1. The van der Waals surface area contributed by atoms with Gasteiger partial charge in [-0.2, -0.15) is 5.10 Å². The number of nitrogens with zero attached hydrogens (tertiary/aromatic N) is 2. The molecule has 0 bridgehead atoms. The molecule has 1 saturated carbocycles. The SMILES string of the molecule is C[C@@H]1[C@H](C)CCC[C@@H]1NC(=O)CCCn1nc(-c2ccccc2)c2cc(Cl)ccc21. The third-order valence-electron chi connectivity index (χ3n) is 6.59. The lowest BCUT2D eigenvalue weighted by atomic mass is 9.78. The Balaban J connectivity index is 1.44. The maximum Gasteiger partial charge on any atom is 0.220 e. The number of carbonyl (C=O) groups is 1. The van der Waals surface area contributed by atoms with Crippen molar-refractivity contribution in [3.8, 4) is 11.3 Å². The van der Waals surface area contributed by atoms with E-state index < -0.39 is 0 Å². The van der Waals surface area contributed by atoms with Gasteiger partial charge in [-0.3, -0.25) is 9.48 Å². The van der Waals surface area contributed by atoms with E-state index >= 15 is 0 Å². The van der Waals surface area contributed by atoms with Crippen LogP contribution in [0.3, 0.4) is 0 Å².